The molecule has 0 amide bonds. The summed E-state index contributed by atoms with van der Waals surface area (Å²) in [6, 6.07) is 17.8. The Morgan fingerprint density at radius 2 is 1.43 bits per heavy atom. The molecule has 2 aliphatic rings. The predicted octanol–water partition coefficient (Wildman–Crippen LogP) is 7.85. The molecule has 0 N–H and O–H groups in total. The maximum atomic E-state index is 5.27. The Morgan fingerprint density at radius 3 is 2.11 bits per heavy atom. The summed E-state index contributed by atoms with van der Waals surface area (Å²) in [5.41, 5.74) is 4.13. The number of methoxy groups -OCH3 is 1. The number of hydrogen-bond donors (Lipinski definition) is 0. The number of hydrogen-bond acceptors (Lipinski definition) is 1. The molecule has 2 aromatic carbocycles. The summed E-state index contributed by atoms with van der Waals surface area (Å²) >= 11 is 0. The van der Waals surface area contributed by atoms with E-state index in [9.17, 15) is 0 Å². The average Bonchev–Trinajstić information content (AvgIpc) is 2.77. The van der Waals surface area contributed by atoms with Crippen molar-refractivity contribution in [1.82, 2.24) is 0 Å². The third-order valence-electron chi connectivity index (χ3n) is 7.49. The van der Waals surface area contributed by atoms with Gasteiger partial charge in [0.1, 0.15) is 5.75 Å². The molecule has 2 aromatic rings. The first kappa shape index (κ1) is 19.6. The van der Waals surface area contributed by atoms with E-state index in [-0.39, 0.29) is 0 Å². The molecular formula is C27H36O. The molecule has 4 unspecified atom stereocenters. The lowest BCUT2D eigenvalue weighted by Gasteiger charge is -2.42. The molecule has 28 heavy (non-hydrogen) atoms. The van der Waals surface area contributed by atoms with Gasteiger partial charge in [0.05, 0.1) is 7.11 Å². The second-order valence-corrected chi connectivity index (χ2v) is 9.20. The van der Waals surface area contributed by atoms with Gasteiger partial charge in [-0.2, -0.15) is 0 Å². The van der Waals surface area contributed by atoms with E-state index in [2.05, 4.69) is 43.3 Å². The van der Waals surface area contributed by atoms with Gasteiger partial charge in [0.25, 0.3) is 0 Å². The van der Waals surface area contributed by atoms with Crippen LogP contribution in [-0.2, 0) is 0 Å². The first-order chi connectivity index (χ1) is 13.8. The van der Waals surface area contributed by atoms with E-state index in [1.807, 2.05) is 12.1 Å². The fourth-order valence-corrected chi connectivity index (χ4v) is 5.78. The van der Waals surface area contributed by atoms with Crippen LogP contribution in [0.15, 0.2) is 48.5 Å². The molecule has 0 heterocycles. The predicted molar refractivity (Wildman–Crippen MR) is 119 cm³/mol. The van der Waals surface area contributed by atoms with Crippen LogP contribution in [0.5, 0.6) is 5.75 Å². The lowest BCUT2D eigenvalue weighted by Crippen LogP contribution is -2.30. The van der Waals surface area contributed by atoms with Crippen molar-refractivity contribution in [2.24, 2.45) is 17.8 Å². The van der Waals surface area contributed by atoms with E-state index in [0.717, 1.165) is 29.4 Å². The molecule has 0 aliphatic heterocycles. The summed E-state index contributed by atoms with van der Waals surface area (Å²) in [7, 11) is 1.72. The minimum Gasteiger partial charge on any atom is -0.497 e. The van der Waals surface area contributed by atoms with Crippen molar-refractivity contribution in [2.75, 3.05) is 7.11 Å². The first-order valence-electron chi connectivity index (χ1n) is 11.5. The second-order valence-electron chi connectivity index (χ2n) is 9.20. The number of fused-ring (bicyclic) bond motifs is 1. The zero-order valence-electron chi connectivity index (χ0n) is 17.7. The zero-order valence-corrected chi connectivity index (χ0v) is 17.7. The normalized spacial score (nSPS) is 27.2. The van der Waals surface area contributed by atoms with Crippen molar-refractivity contribution in [3.05, 3.63) is 54.1 Å². The van der Waals surface area contributed by atoms with Crippen LogP contribution in [0.2, 0.25) is 0 Å². The van der Waals surface area contributed by atoms with Crippen molar-refractivity contribution < 1.29 is 4.74 Å². The molecule has 0 radical (unpaired) electrons. The summed E-state index contributed by atoms with van der Waals surface area (Å²) in [5, 5.41) is 0. The van der Waals surface area contributed by atoms with E-state index in [1.165, 1.54) is 68.9 Å². The van der Waals surface area contributed by atoms with Crippen LogP contribution >= 0.6 is 0 Å². The molecule has 2 saturated carbocycles. The Bertz CT molecular complexity index is 730. The number of ether oxygens (including phenoxy) is 1. The lowest BCUT2D eigenvalue weighted by molar-refractivity contribution is 0.113. The highest BCUT2D eigenvalue weighted by Crippen LogP contribution is 2.48. The van der Waals surface area contributed by atoms with Crippen LogP contribution in [-0.4, -0.2) is 7.11 Å². The largest absolute Gasteiger partial charge is 0.497 e. The van der Waals surface area contributed by atoms with Gasteiger partial charge in [-0.3, -0.25) is 0 Å². The third-order valence-corrected chi connectivity index (χ3v) is 7.49. The lowest BCUT2D eigenvalue weighted by atomic mass is 9.63. The molecule has 0 aromatic heterocycles. The van der Waals surface area contributed by atoms with Gasteiger partial charge < -0.3 is 4.74 Å². The molecule has 0 saturated heterocycles. The maximum Gasteiger partial charge on any atom is 0.118 e. The van der Waals surface area contributed by atoms with E-state index in [4.69, 9.17) is 4.74 Å². The fourth-order valence-electron chi connectivity index (χ4n) is 5.78. The monoisotopic (exact) mass is 376 g/mol. The topological polar surface area (TPSA) is 9.23 Å². The van der Waals surface area contributed by atoms with Gasteiger partial charge in [0.15, 0.2) is 0 Å². The summed E-state index contributed by atoms with van der Waals surface area (Å²) in [6.45, 7) is 2.33. The molecular weight excluding hydrogens is 340 g/mol. The third kappa shape index (κ3) is 4.45. The standard InChI is InChI=1S/C27H36O/c1-3-4-5-20-6-7-26-19-25(13-12-24(26)18-20)23-10-8-21(9-11-23)22-14-16-27(28-2)17-15-22/h8-11,14-17,20,24-26H,3-7,12-13,18-19H2,1-2H3. The first-order valence-corrected chi connectivity index (χ1v) is 11.5. The smallest absolute Gasteiger partial charge is 0.118 e. The van der Waals surface area contributed by atoms with E-state index >= 15 is 0 Å². The van der Waals surface area contributed by atoms with Crippen LogP contribution in [0, 0.1) is 17.8 Å². The van der Waals surface area contributed by atoms with Gasteiger partial charge in [-0.15, -0.1) is 0 Å². The SMILES string of the molecule is CCCCC1CCC2CC(c3ccc(-c4ccc(OC)cc4)cc3)CCC2C1. The zero-order chi connectivity index (χ0) is 19.3. The highest BCUT2D eigenvalue weighted by atomic mass is 16.5. The second kappa shape index (κ2) is 9.16. The van der Waals surface area contributed by atoms with Crippen LogP contribution in [0.25, 0.3) is 11.1 Å². The van der Waals surface area contributed by atoms with Gasteiger partial charge >= 0.3 is 0 Å². The number of rotatable bonds is 6. The fraction of sp³-hybridized carbons (Fsp3) is 0.556. The van der Waals surface area contributed by atoms with Gasteiger partial charge in [0.2, 0.25) is 0 Å². The Morgan fingerprint density at radius 1 is 0.786 bits per heavy atom. The summed E-state index contributed by atoms with van der Waals surface area (Å²) in [5.74, 6) is 4.73. The van der Waals surface area contributed by atoms with Gasteiger partial charge in [-0.1, -0.05) is 69.0 Å². The molecule has 4 rings (SSSR count). The molecule has 1 heteroatoms. The number of unbranched alkanes of at least 4 members (excludes halogenated alkanes) is 1. The highest BCUT2D eigenvalue weighted by Gasteiger charge is 2.35. The van der Waals surface area contributed by atoms with Crippen LogP contribution in [0.1, 0.15) is 76.2 Å². The van der Waals surface area contributed by atoms with E-state index in [1.54, 1.807) is 12.7 Å². The Labute approximate surface area is 171 Å². The van der Waals surface area contributed by atoms with Gasteiger partial charge in [0, 0.05) is 0 Å². The van der Waals surface area contributed by atoms with Crippen molar-refractivity contribution in [3.63, 3.8) is 0 Å². The van der Waals surface area contributed by atoms with Crippen LogP contribution in [0.3, 0.4) is 0 Å². The summed E-state index contributed by atoms with van der Waals surface area (Å²) in [4.78, 5) is 0. The molecule has 0 spiro atoms. The molecule has 0 bridgehead atoms. The molecule has 4 atom stereocenters. The number of benzene rings is 2. The molecule has 150 valence electrons. The quantitative estimate of drug-likeness (QED) is 0.498. The van der Waals surface area contributed by atoms with Gasteiger partial charge in [-0.05, 0) is 84.6 Å². The van der Waals surface area contributed by atoms with Crippen LogP contribution in [0.4, 0.5) is 0 Å². The van der Waals surface area contributed by atoms with E-state index < -0.39 is 0 Å². The molecule has 2 fully saturated rings. The maximum absolute atomic E-state index is 5.27. The highest BCUT2D eigenvalue weighted by molar-refractivity contribution is 5.64. The minimum atomic E-state index is 0.776. The molecule has 2 aliphatic carbocycles. The summed E-state index contributed by atoms with van der Waals surface area (Å²) < 4.78 is 5.27. The van der Waals surface area contributed by atoms with Crippen molar-refractivity contribution in [1.29, 1.82) is 0 Å². The van der Waals surface area contributed by atoms with E-state index in [0.29, 0.717) is 0 Å². The average molecular weight is 377 g/mol. The van der Waals surface area contributed by atoms with Gasteiger partial charge in [-0.25, -0.2) is 0 Å². The minimum absolute atomic E-state index is 0.776. The molecule has 1 nitrogen and oxygen atoms in total. The van der Waals surface area contributed by atoms with Crippen molar-refractivity contribution in [2.45, 2.75) is 70.6 Å². The Kier molecular flexibility index (Phi) is 6.40. The van der Waals surface area contributed by atoms with Crippen molar-refractivity contribution >= 4 is 0 Å². The Hall–Kier alpha value is -1.76. The van der Waals surface area contributed by atoms with Crippen molar-refractivity contribution in [3.8, 4) is 16.9 Å². The van der Waals surface area contributed by atoms with Crippen LogP contribution < -0.4 is 4.74 Å². The Balaban J connectivity index is 1.36. The summed E-state index contributed by atoms with van der Waals surface area (Å²) in [6.07, 6.45) is 13.0.